The Morgan fingerprint density at radius 1 is 1.21 bits per heavy atom. The maximum atomic E-state index is 9.28. The van der Waals surface area contributed by atoms with Crippen LogP contribution in [-0.2, 0) is 4.74 Å². The van der Waals surface area contributed by atoms with Gasteiger partial charge in [-0.25, -0.2) is 0 Å². The van der Waals surface area contributed by atoms with Gasteiger partial charge in [0.15, 0.2) is 12.6 Å². The van der Waals surface area contributed by atoms with Gasteiger partial charge in [0.1, 0.15) is 11.4 Å². The summed E-state index contributed by atoms with van der Waals surface area (Å²) in [6.45, 7) is 5.38. The zero-order valence-corrected chi connectivity index (χ0v) is 19.0. The molecule has 172 valence electrons. The highest BCUT2D eigenvalue weighted by atomic mass is 16.7. The molecule has 1 aliphatic rings. The van der Waals surface area contributed by atoms with E-state index >= 15 is 0 Å². The lowest BCUT2D eigenvalue weighted by Gasteiger charge is -2.33. The van der Waals surface area contributed by atoms with Crippen molar-refractivity contribution in [1.29, 1.82) is 0 Å². The Morgan fingerprint density at radius 3 is 2.85 bits per heavy atom. The molecule has 1 saturated heterocycles. The fourth-order valence-electron chi connectivity index (χ4n) is 4.24. The van der Waals surface area contributed by atoms with Crippen LogP contribution in [0.25, 0.3) is 22.0 Å². The van der Waals surface area contributed by atoms with Crippen molar-refractivity contribution in [3.8, 4) is 29.4 Å². The molecular weight excluding hydrogens is 416 g/mol. The number of aromatic nitrogens is 2. The van der Waals surface area contributed by atoms with Crippen molar-refractivity contribution in [1.82, 2.24) is 15.1 Å². The maximum Gasteiger partial charge on any atom is 0.189 e. The molecule has 2 heterocycles. The van der Waals surface area contributed by atoms with Gasteiger partial charge in [-0.15, -0.1) is 16.6 Å². The van der Waals surface area contributed by atoms with Gasteiger partial charge in [0.05, 0.1) is 6.61 Å². The zero-order chi connectivity index (χ0) is 23.0. The number of terminal acetylenes is 1. The molecule has 0 radical (unpaired) electrons. The van der Waals surface area contributed by atoms with Crippen LogP contribution in [0.4, 0.5) is 5.82 Å². The van der Waals surface area contributed by atoms with Crippen LogP contribution in [0.5, 0.6) is 5.75 Å². The molecule has 0 spiro atoms. The lowest BCUT2D eigenvalue weighted by Crippen LogP contribution is -2.43. The zero-order valence-electron chi connectivity index (χ0n) is 19.0. The number of hydrogen-bond donors (Lipinski definition) is 2. The molecule has 3 aromatic rings. The lowest BCUT2D eigenvalue weighted by molar-refractivity contribution is 0.0227. The molecule has 4 rings (SSSR count). The van der Waals surface area contributed by atoms with Gasteiger partial charge in [0.2, 0.25) is 0 Å². The summed E-state index contributed by atoms with van der Waals surface area (Å²) in [7, 11) is 0. The van der Waals surface area contributed by atoms with Crippen LogP contribution in [0.1, 0.15) is 25.3 Å². The smallest absolute Gasteiger partial charge is 0.189 e. The van der Waals surface area contributed by atoms with Gasteiger partial charge >= 0.3 is 0 Å². The number of nitrogens with zero attached hydrogens (tertiary/aromatic N) is 3. The third-order valence-corrected chi connectivity index (χ3v) is 5.86. The monoisotopic (exact) mass is 446 g/mol. The summed E-state index contributed by atoms with van der Waals surface area (Å²) in [5.41, 5.74) is 2.28. The molecular formula is C26H30N4O3. The molecule has 1 atom stereocenters. The summed E-state index contributed by atoms with van der Waals surface area (Å²) in [5, 5.41) is 24.0. The Labute approximate surface area is 194 Å². The topological polar surface area (TPSA) is 79.7 Å². The number of benzene rings is 2. The molecule has 1 unspecified atom stereocenters. The molecule has 1 aromatic heterocycles. The second-order valence-electron chi connectivity index (χ2n) is 8.06. The van der Waals surface area contributed by atoms with E-state index in [9.17, 15) is 5.11 Å². The van der Waals surface area contributed by atoms with Crippen LogP contribution in [-0.4, -0.2) is 65.9 Å². The average molecular weight is 447 g/mol. The van der Waals surface area contributed by atoms with Gasteiger partial charge < -0.3 is 19.9 Å². The van der Waals surface area contributed by atoms with Gasteiger partial charge in [0.25, 0.3) is 0 Å². The minimum Gasteiger partial charge on any atom is -0.467 e. The Kier molecular flexibility index (Phi) is 7.74. The van der Waals surface area contributed by atoms with Crippen molar-refractivity contribution in [3.05, 3.63) is 48.0 Å². The van der Waals surface area contributed by atoms with E-state index in [-0.39, 0.29) is 19.4 Å². The number of piperidine rings is 1. The Balaban J connectivity index is 1.68. The lowest BCUT2D eigenvalue weighted by atomic mass is 10.0. The molecule has 33 heavy (non-hydrogen) atoms. The largest absolute Gasteiger partial charge is 0.467 e. The first kappa shape index (κ1) is 23.0. The summed E-state index contributed by atoms with van der Waals surface area (Å²) in [6, 6.07) is 14.0. The van der Waals surface area contributed by atoms with E-state index in [0.717, 1.165) is 59.3 Å². The Hall–Kier alpha value is -3.18. The van der Waals surface area contributed by atoms with E-state index in [1.807, 2.05) is 43.3 Å². The molecule has 7 nitrogen and oxygen atoms in total. The molecule has 7 heteroatoms. The van der Waals surface area contributed by atoms with Gasteiger partial charge in [-0.05, 0) is 44.5 Å². The van der Waals surface area contributed by atoms with E-state index in [1.165, 1.54) is 0 Å². The average Bonchev–Trinajstić information content (AvgIpc) is 2.85. The molecule has 0 aliphatic carbocycles. The third kappa shape index (κ3) is 5.42. The Morgan fingerprint density at radius 2 is 2.06 bits per heavy atom. The van der Waals surface area contributed by atoms with Gasteiger partial charge in [-0.2, -0.15) is 0 Å². The number of rotatable bonds is 9. The van der Waals surface area contributed by atoms with E-state index in [0.29, 0.717) is 18.9 Å². The number of likely N-dealkylation sites (tertiary alicyclic amines) is 1. The Bertz CT molecular complexity index is 1130. The van der Waals surface area contributed by atoms with Gasteiger partial charge in [0, 0.05) is 47.6 Å². The summed E-state index contributed by atoms with van der Waals surface area (Å²) < 4.78 is 11.3. The third-order valence-electron chi connectivity index (χ3n) is 5.86. The second-order valence-corrected chi connectivity index (χ2v) is 8.06. The molecule has 1 aliphatic heterocycles. The van der Waals surface area contributed by atoms with E-state index in [1.54, 1.807) is 0 Å². The van der Waals surface area contributed by atoms with E-state index in [2.05, 4.69) is 32.4 Å². The van der Waals surface area contributed by atoms with Crippen LogP contribution in [0, 0.1) is 12.3 Å². The first-order chi connectivity index (χ1) is 16.2. The highest BCUT2D eigenvalue weighted by molar-refractivity contribution is 6.01. The first-order valence-corrected chi connectivity index (χ1v) is 11.4. The first-order valence-electron chi connectivity index (χ1n) is 11.4. The van der Waals surface area contributed by atoms with Crippen LogP contribution < -0.4 is 10.1 Å². The van der Waals surface area contributed by atoms with Crippen LogP contribution in [0.2, 0.25) is 0 Å². The number of hydrogen-bond acceptors (Lipinski definition) is 7. The fourth-order valence-corrected chi connectivity index (χ4v) is 4.24. The second kappa shape index (κ2) is 11.1. The molecule has 0 saturated carbocycles. The predicted octanol–water partition coefficient (Wildman–Crippen LogP) is 3.52. The van der Waals surface area contributed by atoms with Gasteiger partial charge in [-0.1, -0.05) is 30.2 Å². The number of aliphatic hydroxyl groups excluding tert-OH is 1. The summed E-state index contributed by atoms with van der Waals surface area (Å²) >= 11 is 0. The van der Waals surface area contributed by atoms with Crippen molar-refractivity contribution >= 4 is 16.6 Å². The molecule has 1 fully saturated rings. The fraction of sp³-hybridized carbons (Fsp3) is 0.385. The normalized spacial score (nSPS) is 16.5. The van der Waals surface area contributed by atoms with Crippen molar-refractivity contribution in [2.45, 2.75) is 25.8 Å². The number of anilines is 1. The van der Waals surface area contributed by atoms with Crippen molar-refractivity contribution in [2.24, 2.45) is 0 Å². The number of ether oxygens (including phenoxy) is 2. The molecule has 2 aromatic carbocycles. The molecule has 0 bridgehead atoms. The maximum absolute atomic E-state index is 9.28. The minimum atomic E-state index is 0.133. The van der Waals surface area contributed by atoms with Crippen molar-refractivity contribution in [2.75, 3.05) is 45.0 Å². The number of aliphatic hydroxyl groups is 1. The standard InChI is InChI=1S/C26H30N4O3/c1-3-19-11-12-23(24(16-19)33-18-32-4-2)25-21-9-5-6-10-22(21)26(29-28-25)27-20-8-7-13-30(17-20)14-15-31/h1,5-6,9-12,16,20,31H,4,7-8,13-15,17-18H2,2H3,(H,27,29). The highest BCUT2D eigenvalue weighted by Crippen LogP contribution is 2.36. The summed E-state index contributed by atoms with van der Waals surface area (Å²) in [5.74, 6) is 4.04. The van der Waals surface area contributed by atoms with E-state index < -0.39 is 0 Å². The van der Waals surface area contributed by atoms with Crippen LogP contribution >= 0.6 is 0 Å². The highest BCUT2D eigenvalue weighted by Gasteiger charge is 2.22. The van der Waals surface area contributed by atoms with E-state index in [4.69, 9.17) is 15.9 Å². The van der Waals surface area contributed by atoms with Crippen molar-refractivity contribution < 1.29 is 14.6 Å². The number of fused-ring (bicyclic) bond motifs is 1. The van der Waals surface area contributed by atoms with Gasteiger partial charge in [-0.3, -0.25) is 4.90 Å². The minimum absolute atomic E-state index is 0.133. The SMILES string of the molecule is C#Cc1ccc(-c2nnc(NC3CCCN(CCO)C3)c3ccccc23)c(OCOCC)c1. The van der Waals surface area contributed by atoms with Crippen LogP contribution in [0.3, 0.4) is 0 Å². The number of β-amino-alcohol motifs (C(OH)–C–C–N with tert-alkyl or cyclic N) is 1. The predicted molar refractivity (Wildman–Crippen MR) is 130 cm³/mol. The molecule has 0 amide bonds. The van der Waals surface area contributed by atoms with Crippen LogP contribution in [0.15, 0.2) is 42.5 Å². The number of nitrogens with one attached hydrogen (secondary N) is 1. The molecule has 2 N–H and O–H groups in total. The quantitative estimate of drug-likeness (QED) is 0.296. The van der Waals surface area contributed by atoms with Crippen molar-refractivity contribution in [3.63, 3.8) is 0 Å². The summed E-state index contributed by atoms with van der Waals surface area (Å²) in [4.78, 5) is 2.28. The summed E-state index contributed by atoms with van der Waals surface area (Å²) in [6.07, 6.45) is 7.74.